The molecule has 1 N–H and O–H groups in total. The lowest BCUT2D eigenvalue weighted by Crippen LogP contribution is -2.17. The molecule has 0 saturated heterocycles. The van der Waals surface area contributed by atoms with E-state index >= 15 is 0 Å². The van der Waals surface area contributed by atoms with Crippen LogP contribution in [0.5, 0.6) is 5.75 Å². The third-order valence-electron chi connectivity index (χ3n) is 2.76. The first-order valence-corrected chi connectivity index (χ1v) is 6.72. The molecule has 2 aromatic rings. The molecule has 18 heavy (non-hydrogen) atoms. The number of hydrogen-bond acceptors (Lipinski definition) is 5. The molecule has 2 rings (SSSR count). The SMILES string of the molecule is CCOc1ccc(C(NC)c2snnc2C)cc1. The molecule has 1 aromatic heterocycles. The third kappa shape index (κ3) is 2.68. The van der Waals surface area contributed by atoms with Gasteiger partial charge in [-0.2, -0.15) is 0 Å². The summed E-state index contributed by atoms with van der Waals surface area (Å²) in [7, 11) is 1.94. The molecule has 1 aromatic carbocycles. The van der Waals surface area contributed by atoms with Gasteiger partial charge in [-0.15, -0.1) is 5.10 Å². The summed E-state index contributed by atoms with van der Waals surface area (Å²) in [6.45, 7) is 4.65. The number of hydrogen-bond donors (Lipinski definition) is 1. The largest absolute Gasteiger partial charge is 0.494 e. The lowest BCUT2D eigenvalue weighted by molar-refractivity contribution is 0.340. The van der Waals surface area contributed by atoms with Crippen LogP contribution in [0.3, 0.4) is 0 Å². The van der Waals surface area contributed by atoms with Crippen LogP contribution in [0.15, 0.2) is 24.3 Å². The molecule has 1 atom stereocenters. The van der Waals surface area contributed by atoms with Gasteiger partial charge < -0.3 is 10.1 Å². The maximum Gasteiger partial charge on any atom is 0.119 e. The monoisotopic (exact) mass is 263 g/mol. The summed E-state index contributed by atoms with van der Waals surface area (Å²) in [5, 5.41) is 7.36. The van der Waals surface area contributed by atoms with Gasteiger partial charge in [0, 0.05) is 0 Å². The Morgan fingerprint density at radius 2 is 2.06 bits per heavy atom. The molecule has 4 nitrogen and oxygen atoms in total. The van der Waals surface area contributed by atoms with Crippen molar-refractivity contribution in [3.05, 3.63) is 40.4 Å². The standard InChI is InChI=1S/C13H17N3OS/c1-4-17-11-7-5-10(6-8-11)12(14-3)13-9(2)15-16-18-13/h5-8,12,14H,4H2,1-3H3. The molecule has 1 heterocycles. The highest BCUT2D eigenvalue weighted by Gasteiger charge is 2.17. The van der Waals surface area contributed by atoms with Gasteiger partial charge >= 0.3 is 0 Å². The van der Waals surface area contributed by atoms with Gasteiger partial charge in [-0.1, -0.05) is 16.6 Å². The molecule has 0 bridgehead atoms. The van der Waals surface area contributed by atoms with E-state index in [0.29, 0.717) is 6.61 Å². The molecule has 0 aliphatic rings. The number of rotatable bonds is 5. The maximum atomic E-state index is 5.45. The number of nitrogens with zero attached hydrogens (tertiary/aromatic N) is 2. The number of benzene rings is 1. The zero-order valence-electron chi connectivity index (χ0n) is 10.8. The van der Waals surface area contributed by atoms with Crippen LogP contribution in [0.4, 0.5) is 0 Å². The molecular weight excluding hydrogens is 246 g/mol. The fraction of sp³-hybridized carbons (Fsp3) is 0.385. The second kappa shape index (κ2) is 5.93. The van der Waals surface area contributed by atoms with Crippen molar-refractivity contribution in [3.63, 3.8) is 0 Å². The average molecular weight is 263 g/mol. The molecular formula is C13H17N3OS. The Morgan fingerprint density at radius 1 is 1.33 bits per heavy atom. The second-order valence-corrected chi connectivity index (χ2v) is 4.73. The summed E-state index contributed by atoms with van der Waals surface area (Å²) >= 11 is 1.44. The smallest absolute Gasteiger partial charge is 0.119 e. The predicted molar refractivity (Wildman–Crippen MR) is 73.2 cm³/mol. The summed E-state index contributed by atoms with van der Waals surface area (Å²) < 4.78 is 9.44. The van der Waals surface area contributed by atoms with Crippen molar-refractivity contribution < 1.29 is 4.74 Å². The topological polar surface area (TPSA) is 47.0 Å². The quantitative estimate of drug-likeness (QED) is 0.900. The van der Waals surface area contributed by atoms with Crippen molar-refractivity contribution in [1.29, 1.82) is 0 Å². The van der Waals surface area contributed by atoms with Gasteiger partial charge in [0.25, 0.3) is 0 Å². The van der Waals surface area contributed by atoms with Gasteiger partial charge in [0.1, 0.15) is 5.75 Å². The van der Waals surface area contributed by atoms with Gasteiger partial charge in [-0.05, 0) is 50.1 Å². The fourth-order valence-corrected chi connectivity index (χ4v) is 2.66. The molecule has 0 spiro atoms. The van der Waals surface area contributed by atoms with Crippen molar-refractivity contribution >= 4 is 11.5 Å². The molecule has 0 amide bonds. The van der Waals surface area contributed by atoms with Crippen molar-refractivity contribution in [3.8, 4) is 5.75 Å². The van der Waals surface area contributed by atoms with Gasteiger partial charge in [-0.3, -0.25) is 0 Å². The van der Waals surface area contributed by atoms with Crippen LogP contribution >= 0.6 is 11.5 Å². The lowest BCUT2D eigenvalue weighted by atomic mass is 10.0. The zero-order chi connectivity index (χ0) is 13.0. The normalized spacial score (nSPS) is 12.4. The van der Waals surface area contributed by atoms with E-state index < -0.39 is 0 Å². The van der Waals surface area contributed by atoms with E-state index in [1.54, 1.807) is 0 Å². The Kier molecular flexibility index (Phi) is 4.28. The van der Waals surface area contributed by atoms with E-state index in [2.05, 4.69) is 27.0 Å². The number of aromatic nitrogens is 2. The minimum absolute atomic E-state index is 0.140. The van der Waals surface area contributed by atoms with Crippen LogP contribution in [0.1, 0.15) is 29.1 Å². The van der Waals surface area contributed by atoms with Crippen LogP contribution in [0.2, 0.25) is 0 Å². The van der Waals surface area contributed by atoms with E-state index in [9.17, 15) is 0 Å². The summed E-state index contributed by atoms with van der Waals surface area (Å²) in [6.07, 6.45) is 0. The first kappa shape index (κ1) is 13.0. The van der Waals surface area contributed by atoms with E-state index in [1.807, 2.05) is 33.0 Å². The average Bonchev–Trinajstić information content (AvgIpc) is 2.79. The van der Waals surface area contributed by atoms with Crippen molar-refractivity contribution in [2.45, 2.75) is 19.9 Å². The number of aryl methyl sites for hydroxylation is 1. The van der Waals surface area contributed by atoms with E-state index in [4.69, 9.17) is 4.74 Å². The highest BCUT2D eigenvalue weighted by Crippen LogP contribution is 2.27. The maximum absolute atomic E-state index is 5.45. The van der Waals surface area contributed by atoms with Crippen LogP contribution in [0, 0.1) is 6.92 Å². The first-order chi connectivity index (χ1) is 8.76. The van der Waals surface area contributed by atoms with Crippen LogP contribution in [-0.2, 0) is 0 Å². The molecule has 0 saturated carbocycles. The Morgan fingerprint density at radius 3 is 2.56 bits per heavy atom. The minimum atomic E-state index is 0.140. The van der Waals surface area contributed by atoms with Gasteiger partial charge in [0.15, 0.2) is 0 Å². The van der Waals surface area contributed by atoms with Gasteiger partial charge in [0.2, 0.25) is 0 Å². The highest BCUT2D eigenvalue weighted by atomic mass is 32.1. The molecule has 5 heteroatoms. The highest BCUT2D eigenvalue weighted by molar-refractivity contribution is 7.05. The molecule has 0 aliphatic carbocycles. The Balaban J connectivity index is 2.25. The summed E-state index contributed by atoms with van der Waals surface area (Å²) in [5.41, 5.74) is 2.17. The van der Waals surface area contributed by atoms with Gasteiger partial charge in [-0.25, -0.2) is 0 Å². The Labute approximate surface area is 111 Å². The third-order valence-corrected chi connectivity index (χ3v) is 3.65. The van der Waals surface area contributed by atoms with E-state index in [-0.39, 0.29) is 6.04 Å². The fourth-order valence-electron chi connectivity index (χ4n) is 1.87. The second-order valence-electron chi connectivity index (χ2n) is 3.95. The zero-order valence-corrected chi connectivity index (χ0v) is 11.6. The van der Waals surface area contributed by atoms with Crippen LogP contribution in [0.25, 0.3) is 0 Å². The summed E-state index contributed by atoms with van der Waals surface area (Å²) in [5.74, 6) is 0.898. The summed E-state index contributed by atoms with van der Waals surface area (Å²) in [6, 6.07) is 8.28. The molecule has 0 radical (unpaired) electrons. The molecule has 1 unspecified atom stereocenters. The van der Waals surface area contributed by atoms with E-state index in [0.717, 1.165) is 16.3 Å². The van der Waals surface area contributed by atoms with E-state index in [1.165, 1.54) is 17.1 Å². The summed E-state index contributed by atoms with van der Waals surface area (Å²) in [4.78, 5) is 1.15. The lowest BCUT2D eigenvalue weighted by Gasteiger charge is -2.15. The molecule has 0 fully saturated rings. The first-order valence-electron chi connectivity index (χ1n) is 5.95. The Bertz CT molecular complexity index is 495. The van der Waals surface area contributed by atoms with Crippen LogP contribution < -0.4 is 10.1 Å². The van der Waals surface area contributed by atoms with Crippen molar-refractivity contribution in [1.82, 2.24) is 14.9 Å². The number of ether oxygens (including phenoxy) is 1. The molecule has 0 aliphatic heterocycles. The van der Waals surface area contributed by atoms with Crippen molar-refractivity contribution in [2.24, 2.45) is 0 Å². The predicted octanol–water partition coefficient (Wildman–Crippen LogP) is 2.55. The Hall–Kier alpha value is -1.46. The van der Waals surface area contributed by atoms with Crippen molar-refractivity contribution in [2.75, 3.05) is 13.7 Å². The minimum Gasteiger partial charge on any atom is -0.494 e. The van der Waals surface area contributed by atoms with Gasteiger partial charge in [0.05, 0.1) is 23.2 Å². The van der Waals surface area contributed by atoms with Crippen LogP contribution in [-0.4, -0.2) is 23.2 Å². The number of nitrogens with one attached hydrogen (secondary N) is 1. The molecule has 96 valence electrons.